The highest BCUT2D eigenvalue weighted by atomic mass is 32.1. The molecule has 3 nitrogen and oxygen atoms in total. The van der Waals surface area contributed by atoms with E-state index < -0.39 is 0 Å². The van der Waals surface area contributed by atoms with Gasteiger partial charge in [0.05, 0.1) is 12.3 Å². The van der Waals surface area contributed by atoms with Gasteiger partial charge in [0.25, 0.3) is 0 Å². The summed E-state index contributed by atoms with van der Waals surface area (Å²) in [6.45, 7) is 0.615. The minimum Gasteiger partial charge on any atom is -0.378 e. The van der Waals surface area contributed by atoms with Crippen molar-refractivity contribution in [3.63, 3.8) is 0 Å². The van der Waals surface area contributed by atoms with Crippen molar-refractivity contribution >= 4 is 11.3 Å². The number of methoxy groups -OCH3 is 1. The van der Waals surface area contributed by atoms with E-state index in [0.29, 0.717) is 6.61 Å². The highest BCUT2D eigenvalue weighted by Crippen LogP contribution is 2.32. The second-order valence-electron chi connectivity index (χ2n) is 3.35. The number of ether oxygens (including phenoxy) is 1. The van der Waals surface area contributed by atoms with Crippen LogP contribution in [0.5, 0.6) is 0 Å². The van der Waals surface area contributed by atoms with Gasteiger partial charge in [0.1, 0.15) is 5.01 Å². The molecule has 13 heavy (non-hydrogen) atoms. The van der Waals surface area contributed by atoms with Crippen LogP contribution in [0.3, 0.4) is 0 Å². The van der Waals surface area contributed by atoms with Crippen LogP contribution in [-0.2, 0) is 17.8 Å². The van der Waals surface area contributed by atoms with Gasteiger partial charge in [-0.15, -0.1) is 11.3 Å². The van der Waals surface area contributed by atoms with E-state index in [1.807, 2.05) is 0 Å². The van der Waals surface area contributed by atoms with E-state index in [1.54, 1.807) is 18.4 Å². The Balaban J connectivity index is 2.25. The molecule has 1 heterocycles. The largest absolute Gasteiger partial charge is 0.378 e. The van der Waals surface area contributed by atoms with E-state index in [4.69, 9.17) is 10.5 Å². The molecule has 72 valence electrons. The second kappa shape index (κ2) is 3.74. The number of nitrogens with zero attached hydrogens (tertiary/aromatic N) is 1. The van der Waals surface area contributed by atoms with E-state index in [2.05, 4.69) is 4.98 Å². The molecular formula is C9H14N2OS. The molecule has 1 aromatic rings. The van der Waals surface area contributed by atoms with Crippen LogP contribution < -0.4 is 5.73 Å². The first-order chi connectivity index (χ1) is 6.31. The van der Waals surface area contributed by atoms with Crippen molar-refractivity contribution in [1.29, 1.82) is 0 Å². The van der Waals surface area contributed by atoms with Crippen LogP contribution >= 0.6 is 11.3 Å². The molecule has 0 spiro atoms. The molecule has 2 N–H and O–H groups in total. The van der Waals surface area contributed by atoms with Crippen molar-refractivity contribution in [2.45, 2.75) is 31.9 Å². The van der Waals surface area contributed by atoms with Crippen molar-refractivity contribution in [3.05, 3.63) is 15.6 Å². The minimum atomic E-state index is 0.215. The lowest BCUT2D eigenvalue weighted by Gasteiger charge is -2.15. The first kappa shape index (κ1) is 9.12. The van der Waals surface area contributed by atoms with Crippen molar-refractivity contribution in [2.75, 3.05) is 7.11 Å². The second-order valence-corrected chi connectivity index (χ2v) is 4.47. The van der Waals surface area contributed by atoms with Crippen molar-refractivity contribution < 1.29 is 4.74 Å². The molecule has 2 rings (SSSR count). The third-order valence-electron chi connectivity index (χ3n) is 2.31. The molecule has 4 heteroatoms. The molecule has 0 radical (unpaired) electrons. The van der Waals surface area contributed by atoms with E-state index >= 15 is 0 Å². The molecule has 1 atom stereocenters. The molecule has 1 unspecified atom stereocenters. The smallest absolute Gasteiger partial charge is 0.119 e. The van der Waals surface area contributed by atoms with Crippen LogP contribution in [0, 0.1) is 0 Å². The quantitative estimate of drug-likeness (QED) is 0.785. The molecular weight excluding hydrogens is 184 g/mol. The lowest BCUT2D eigenvalue weighted by Crippen LogP contribution is -2.15. The topological polar surface area (TPSA) is 48.1 Å². The molecule has 0 saturated carbocycles. The summed E-state index contributed by atoms with van der Waals surface area (Å²) < 4.78 is 5.05. The average molecular weight is 198 g/mol. The molecule has 1 aliphatic rings. The van der Waals surface area contributed by atoms with Crippen LogP contribution in [0.15, 0.2) is 0 Å². The van der Waals surface area contributed by atoms with E-state index in [-0.39, 0.29) is 6.04 Å². The SMILES string of the molecule is COCc1nc2c(s1)C(N)CCC2. The fourth-order valence-electron chi connectivity index (χ4n) is 1.69. The zero-order valence-electron chi connectivity index (χ0n) is 7.75. The Morgan fingerprint density at radius 2 is 2.54 bits per heavy atom. The summed E-state index contributed by atoms with van der Waals surface area (Å²) in [7, 11) is 1.69. The van der Waals surface area contributed by atoms with Gasteiger partial charge in [-0.05, 0) is 19.3 Å². The van der Waals surface area contributed by atoms with Crippen molar-refractivity contribution in [3.8, 4) is 0 Å². The first-order valence-electron chi connectivity index (χ1n) is 4.54. The van der Waals surface area contributed by atoms with Crippen LogP contribution in [0.25, 0.3) is 0 Å². The highest BCUT2D eigenvalue weighted by molar-refractivity contribution is 7.11. The predicted octanol–water partition coefficient (Wildman–Crippen LogP) is 1.63. The predicted molar refractivity (Wildman–Crippen MR) is 52.7 cm³/mol. The van der Waals surface area contributed by atoms with Crippen LogP contribution in [0.2, 0.25) is 0 Å². The summed E-state index contributed by atoms with van der Waals surface area (Å²) in [5.41, 5.74) is 7.19. The fourth-order valence-corrected chi connectivity index (χ4v) is 2.81. The standard InChI is InChI=1S/C9H14N2OS/c1-12-5-8-11-7-4-2-3-6(10)9(7)13-8/h6H,2-5,10H2,1H3. The Hall–Kier alpha value is -0.450. The third kappa shape index (κ3) is 1.75. The molecule has 0 fully saturated rings. The maximum absolute atomic E-state index is 5.99. The minimum absolute atomic E-state index is 0.215. The average Bonchev–Trinajstić information content (AvgIpc) is 2.49. The highest BCUT2D eigenvalue weighted by Gasteiger charge is 2.21. The normalized spacial score (nSPS) is 21.5. The van der Waals surface area contributed by atoms with E-state index in [9.17, 15) is 0 Å². The van der Waals surface area contributed by atoms with Gasteiger partial charge in [0, 0.05) is 18.0 Å². The van der Waals surface area contributed by atoms with Gasteiger partial charge in [-0.1, -0.05) is 0 Å². The van der Waals surface area contributed by atoms with Gasteiger partial charge in [-0.2, -0.15) is 0 Å². The summed E-state index contributed by atoms with van der Waals surface area (Å²) in [6, 6.07) is 0.215. The van der Waals surface area contributed by atoms with Crippen LogP contribution in [0.1, 0.15) is 34.5 Å². The summed E-state index contributed by atoms with van der Waals surface area (Å²) in [4.78, 5) is 5.78. The molecule has 1 aliphatic carbocycles. The number of nitrogens with two attached hydrogens (primary N) is 1. The van der Waals surface area contributed by atoms with Crippen molar-refractivity contribution in [2.24, 2.45) is 5.73 Å². The summed E-state index contributed by atoms with van der Waals surface area (Å²) in [5.74, 6) is 0. The Labute approximate surface area is 81.9 Å². The molecule has 0 bridgehead atoms. The maximum atomic E-state index is 5.99. The zero-order chi connectivity index (χ0) is 9.26. The number of hydrogen-bond acceptors (Lipinski definition) is 4. The Kier molecular flexibility index (Phi) is 2.62. The van der Waals surface area contributed by atoms with Crippen LogP contribution in [-0.4, -0.2) is 12.1 Å². The summed E-state index contributed by atoms with van der Waals surface area (Å²) in [6.07, 6.45) is 3.36. The summed E-state index contributed by atoms with van der Waals surface area (Å²) in [5, 5.41) is 1.06. The Morgan fingerprint density at radius 3 is 3.23 bits per heavy atom. The lowest BCUT2D eigenvalue weighted by molar-refractivity contribution is 0.184. The molecule has 1 aromatic heterocycles. The van der Waals surface area contributed by atoms with Crippen molar-refractivity contribution in [1.82, 2.24) is 4.98 Å². The molecule has 0 aromatic carbocycles. The van der Waals surface area contributed by atoms with E-state index in [1.165, 1.54) is 17.0 Å². The van der Waals surface area contributed by atoms with Gasteiger partial charge in [0.15, 0.2) is 0 Å². The Morgan fingerprint density at radius 1 is 1.69 bits per heavy atom. The molecule has 0 amide bonds. The number of thiazole rings is 1. The Bertz CT molecular complexity index is 298. The van der Waals surface area contributed by atoms with Crippen LogP contribution in [0.4, 0.5) is 0 Å². The lowest BCUT2D eigenvalue weighted by atomic mass is 9.99. The monoisotopic (exact) mass is 198 g/mol. The number of hydrogen-bond donors (Lipinski definition) is 1. The number of aryl methyl sites for hydroxylation is 1. The molecule has 0 saturated heterocycles. The number of rotatable bonds is 2. The first-order valence-corrected chi connectivity index (χ1v) is 5.36. The third-order valence-corrected chi connectivity index (χ3v) is 3.51. The number of fused-ring (bicyclic) bond motifs is 1. The zero-order valence-corrected chi connectivity index (χ0v) is 8.56. The fraction of sp³-hybridized carbons (Fsp3) is 0.667. The van der Waals surface area contributed by atoms with Gasteiger partial charge in [-0.25, -0.2) is 4.98 Å². The molecule has 0 aliphatic heterocycles. The van der Waals surface area contributed by atoms with Gasteiger partial charge in [-0.3, -0.25) is 0 Å². The summed E-state index contributed by atoms with van der Waals surface area (Å²) >= 11 is 1.71. The number of aromatic nitrogens is 1. The van der Waals surface area contributed by atoms with Gasteiger partial charge in [0.2, 0.25) is 0 Å². The van der Waals surface area contributed by atoms with Gasteiger partial charge < -0.3 is 10.5 Å². The van der Waals surface area contributed by atoms with E-state index in [0.717, 1.165) is 17.8 Å². The van der Waals surface area contributed by atoms with Gasteiger partial charge >= 0.3 is 0 Å². The maximum Gasteiger partial charge on any atom is 0.119 e.